The van der Waals surface area contributed by atoms with Gasteiger partial charge in [0.05, 0.1) is 11.2 Å². The Kier molecular flexibility index (Phi) is 3.12. The lowest BCUT2D eigenvalue weighted by molar-refractivity contribution is 0.590. The summed E-state index contributed by atoms with van der Waals surface area (Å²) in [7, 11) is 0. The van der Waals surface area contributed by atoms with Crippen LogP contribution in [0.25, 0.3) is 44.4 Å². The first kappa shape index (κ1) is 15.3. The fraction of sp³-hybridized carbons (Fsp3) is 0.160. The molecule has 0 saturated heterocycles. The van der Waals surface area contributed by atoms with Crippen molar-refractivity contribution in [3.05, 3.63) is 78.4 Å². The molecule has 4 aromatic rings. The van der Waals surface area contributed by atoms with Gasteiger partial charge in [-0.05, 0) is 45.4 Å². The molecule has 1 aliphatic carbocycles. The van der Waals surface area contributed by atoms with Crippen LogP contribution >= 0.6 is 0 Å². The van der Waals surface area contributed by atoms with Crippen molar-refractivity contribution >= 4 is 10.9 Å². The van der Waals surface area contributed by atoms with Crippen molar-refractivity contribution in [3.8, 4) is 33.5 Å². The van der Waals surface area contributed by atoms with E-state index in [-0.39, 0.29) is 5.41 Å². The molecule has 0 spiro atoms. The normalized spacial score (nSPS) is 12.4. The number of hydrogen-bond acceptors (Lipinski definition) is 1. The topological polar surface area (TPSA) is 12.9 Å². The molecule has 0 saturated carbocycles. The number of hydrogen-bond donors (Lipinski definition) is 0. The summed E-state index contributed by atoms with van der Waals surface area (Å²) in [4.78, 5) is 4.98. The van der Waals surface area contributed by atoms with E-state index in [0.717, 1.165) is 11.2 Å². The minimum atomic E-state index is 0.164. The van der Waals surface area contributed by atoms with Crippen LogP contribution in [0, 0.1) is 0 Å². The Hall–Kier alpha value is -2.93. The molecule has 5 rings (SSSR count). The number of benzene rings is 3. The maximum absolute atomic E-state index is 4.98. The Labute approximate surface area is 154 Å². The lowest BCUT2D eigenvalue weighted by Gasteiger charge is -2.19. The summed E-state index contributed by atoms with van der Waals surface area (Å²) < 4.78 is 0. The molecule has 126 valence electrons. The minimum Gasteiger partial charge on any atom is -0.248 e. The van der Waals surface area contributed by atoms with Gasteiger partial charge in [0, 0.05) is 10.9 Å². The molecule has 0 atom stereocenters. The van der Waals surface area contributed by atoms with Crippen molar-refractivity contribution in [3.63, 3.8) is 0 Å². The van der Waals surface area contributed by atoms with Gasteiger partial charge in [-0.3, -0.25) is 0 Å². The summed E-state index contributed by atoms with van der Waals surface area (Å²) in [6, 6.07) is 26.2. The monoisotopic (exact) mass is 335 g/mol. The maximum Gasteiger partial charge on any atom is 0.0722 e. The van der Waals surface area contributed by atoms with E-state index in [1.165, 1.54) is 38.8 Å². The Bertz CT molecular complexity index is 1150. The van der Waals surface area contributed by atoms with Crippen molar-refractivity contribution in [1.82, 2.24) is 4.98 Å². The summed E-state index contributed by atoms with van der Waals surface area (Å²) in [6.45, 7) is 6.74. The fourth-order valence-corrected chi connectivity index (χ4v) is 3.97. The molecular formula is C25H21N. The Balaban J connectivity index is 1.72. The number of nitrogens with zero attached hydrogens (tertiary/aromatic N) is 1. The molecule has 1 aromatic heterocycles. The summed E-state index contributed by atoms with van der Waals surface area (Å²) in [5, 5.41) is 1.28. The van der Waals surface area contributed by atoms with Gasteiger partial charge in [-0.15, -0.1) is 0 Å². The first-order valence-electron chi connectivity index (χ1n) is 9.17. The van der Waals surface area contributed by atoms with E-state index < -0.39 is 0 Å². The van der Waals surface area contributed by atoms with Crippen molar-refractivity contribution in [1.29, 1.82) is 0 Å². The third-order valence-corrected chi connectivity index (χ3v) is 5.39. The fourth-order valence-electron chi connectivity index (χ4n) is 3.97. The van der Waals surface area contributed by atoms with Gasteiger partial charge in [-0.2, -0.15) is 0 Å². The molecule has 0 amide bonds. The van der Waals surface area contributed by atoms with E-state index in [1.807, 2.05) is 0 Å². The summed E-state index contributed by atoms with van der Waals surface area (Å²) in [5.41, 5.74) is 10.0. The van der Waals surface area contributed by atoms with E-state index in [1.54, 1.807) is 0 Å². The van der Waals surface area contributed by atoms with Crippen LogP contribution in [0.3, 0.4) is 0 Å². The standard InChI is InChI=1S/C25H21N/c1-25(2,3)17-13-11-16(12-14-17)23-15-21-19-8-5-4-7-18(19)20-9-6-10-22(26-23)24(20)21/h4-15H,1-3H3. The number of aromatic nitrogens is 1. The molecule has 26 heavy (non-hydrogen) atoms. The Morgan fingerprint density at radius 3 is 2.00 bits per heavy atom. The number of fused-ring (bicyclic) bond motifs is 3. The first-order chi connectivity index (χ1) is 12.5. The molecule has 1 aliphatic rings. The zero-order valence-electron chi connectivity index (χ0n) is 15.4. The van der Waals surface area contributed by atoms with Gasteiger partial charge in [0.2, 0.25) is 0 Å². The summed E-state index contributed by atoms with van der Waals surface area (Å²) in [6.07, 6.45) is 0. The highest BCUT2D eigenvalue weighted by Gasteiger charge is 2.22. The zero-order chi connectivity index (χ0) is 17.9. The summed E-state index contributed by atoms with van der Waals surface area (Å²) in [5.74, 6) is 0. The molecule has 0 fully saturated rings. The van der Waals surface area contributed by atoms with Gasteiger partial charge in [0.1, 0.15) is 0 Å². The molecule has 3 aromatic carbocycles. The van der Waals surface area contributed by atoms with Crippen LogP contribution in [-0.4, -0.2) is 4.98 Å². The Morgan fingerprint density at radius 1 is 0.654 bits per heavy atom. The first-order valence-corrected chi connectivity index (χ1v) is 9.17. The smallest absolute Gasteiger partial charge is 0.0722 e. The molecular weight excluding hydrogens is 314 g/mol. The molecule has 1 heterocycles. The van der Waals surface area contributed by atoms with Gasteiger partial charge < -0.3 is 0 Å². The van der Waals surface area contributed by atoms with Crippen molar-refractivity contribution in [2.75, 3.05) is 0 Å². The average Bonchev–Trinajstić information content (AvgIpc) is 2.97. The molecule has 1 nitrogen and oxygen atoms in total. The van der Waals surface area contributed by atoms with Gasteiger partial charge in [0.25, 0.3) is 0 Å². The highest BCUT2D eigenvalue weighted by atomic mass is 14.7. The largest absolute Gasteiger partial charge is 0.248 e. The SMILES string of the molecule is CC(C)(C)c1ccc(-c2cc3c4c(cccc4n2)-c2ccccc2-3)cc1. The number of pyridine rings is 1. The third kappa shape index (κ3) is 2.20. The van der Waals surface area contributed by atoms with E-state index >= 15 is 0 Å². The second-order valence-corrected chi connectivity index (χ2v) is 8.13. The highest BCUT2D eigenvalue weighted by Crippen LogP contribution is 2.47. The predicted octanol–water partition coefficient (Wildman–Crippen LogP) is 6.85. The van der Waals surface area contributed by atoms with E-state index in [0.29, 0.717) is 0 Å². The van der Waals surface area contributed by atoms with Gasteiger partial charge in [0.15, 0.2) is 0 Å². The minimum absolute atomic E-state index is 0.164. The van der Waals surface area contributed by atoms with E-state index in [2.05, 4.69) is 93.6 Å². The van der Waals surface area contributed by atoms with Crippen LogP contribution in [0.5, 0.6) is 0 Å². The van der Waals surface area contributed by atoms with E-state index in [4.69, 9.17) is 4.98 Å². The Morgan fingerprint density at radius 2 is 1.31 bits per heavy atom. The lowest BCUT2D eigenvalue weighted by atomic mass is 9.86. The van der Waals surface area contributed by atoms with Gasteiger partial charge >= 0.3 is 0 Å². The van der Waals surface area contributed by atoms with Crippen LogP contribution in [0.4, 0.5) is 0 Å². The lowest BCUT2D eigenvalue weighted by Crippen LogP contribution is -2.10. The molecule has 0 unspecified atom stereocenters. The number of rotatable bonds is 1. The van der Waals surface area contributed by atoms with Gasteiger partial charge in [-0.1, -0.05) is 81.4 Å². The highest BCUT2D eigenvalue weighted by molar-refractivity contribution is 6.14. The molecule has 0 bridgehead atoms. The summed E-state index contributed by atoms with van der Waals surface area (Å²) >= 11 is 0. The van der Waals surface area contributed by atoms with Crippen molar-refractivity contribution in [2.45, 2.75) is 26.2 Å². The van der Waals surface area contributed by atoms with Gasteiger partial charge in [-0.25, -0.2) is 4.98 Å². The van der Waals surface area contributed by atoms with Crippen LogP contribution in [0.1, 0.15) is 26.3 Å². The maximum atomic E-state index is 4.98. The molecule has 0 aliphatic heterocycles. The third-order valence-electron chi connectivity index (χ3n) is 5.39. The quantitative estimate of drug-likeness (QED) is 0.326. The molecule has 0 radical (unpaired) electrons. The van der Waals surface area contributed by atoms with Crippen molar-refractivity contribution in [2.24, 2.45) is 0 Å². The van der Waals surface area contributed by atoms with Crippen LogP contribution in [0.2, 0.25) is 0 Å². The molecule has 0 N–H and O–H groups in total. The van der Waals surface area contributed by atoms with Crippen molar-refractivity contribution < 1.29 is 0 Å². The second-order valence-electron chi connectivity index (χ2n) is 8.13. The zero-order valence-corrected chi connectivity index (χ0v) is 15.4. The van der Waals surface area contributed by atoms with Crippen LogP contribution in [0.15, 0.2) is 72.8 Å². The van der Waals surface area contributed by atoms with E-state index in [9.17, 15) is 0 Å². The average molecular weight is 335 g/mol. The molecule has 1 heteroatoms. The second kappa shape index (κ2) is 5.28. The van der Waals surface area contributed by atoms with Crippen LogP contribution < -0.4 is 0 Å². The van der Waals surface area contributed by atoms with Crippen LogP contribution in [-0.2, 0) is 5.41 Å². The predicted molar refractivity (Wildman–Crippen MR) is 110 cm³/mol.